The van der Waals surface area contributed by atoms with E-state index in [2.05, 4.69) is 29.8 Å². The van der Waals surface area contributed by atoms with Gasteiger partial charge in [0.15, 0.2) is 0 Å². The molecule has 0 aliphatic heterocycles. The average Bonchev–Trinajstić information content (AvgIpc) is 3.08. The van der Waals surface area contributed by atoms with Gasteiger partial charge in [-0.05, 0) is 73.4 Å². The lowest BCUT2D eigenvalue weighted by Crippen LogP contribution is -2.20. The van der Waals surface area contributed by atoms with Crippen LogP contribution in [0.5, 0.6) is 0 Å². The van der Waals surface area contributed by atoms with E-state index in [1.54, 1.807) is 17.4 Å². The van der Waals surface area contributed by atoms with Gasteiger partial charge in [0, 0.05) is 33.0 Å². The van der Waals surface area contributed by atoms with Gasteiger partial charge < -0.3 is 20.4 Å². The Morgan fingerprint density at radius 3 is 2.60 bits per heavy atom. The molecule has 7 heteroatoms. The van der Waals surface area contributed by atoms with Crippen molar-refractivity contribution in [1.29, 1.82) is 0 Å². The van der Waals surface area contributed by atoms with Gasteiger partial charge in [0.1, 0.15) is 0 Å². The van der Waals surface area contributed by atoms with Crippen molar-refractivity contribution >= 4 is 33.2 Å². The zero-order valence-corrected chi connectivity index (χ0v) is 20.0. The molecular weight excluding hydrogens is 468 g/mol. The van der Waals surface area contributed by atoms with Gasteiger partial charge in [-0.2, -0.15) is 0 Å². The first-order chi connectivity index (χ1) is 14.2. The third kappa shape index (κ3) is 7.31. The van der Waals surface area contributed by atoms with Gasteiger partial charge in [-0.1, -0.05) is 24.3 Å². The van der Waals surface area contributed by atoms with Crippen molar-refractivity contribution in [2.24, 2.45) is 11.8 Å². The Kier molecular flexibility index (Phi) is 10.2. The van der Waals surface area contributed by atoms with Crippen molar-refractivity contribution in [3.8, 4) is 0 Å². The molecule has 1 aromatic rings. The Hall–Kier alpha value is -0.990. The minimum absolute atomic E-state index is 0.102. The molecule has 1 aromatic heterocycles. The second kappa shape index (κ2) is 12.2. The predicted octanol–water partition coefficient (Wildman–Crippen LogP) is 4.54. The summed E-state index contributed by atoms with van der Waals surface area (Å²) in [6, 6.07) is 0. The first-order valence-electron chi connectivity index (χ1n) is 10.5. The summed E-state index contributed by atoms with van der Waals surface area (Å²) in [7, 11) is 0. The summed E-state index contributed by atoms with van der Waals surface area (Å²) in [5.41, 5.74) is 1.24. The van der Waals surface area contributed by atoms with Crippen molar-refractivity contribution in [1.82, 2.24) is 0 Å². The number of rotatable bonds is 11. The highest BCUT2D eigenvalue weighted by Gasteiger charge is 2.39. The summed E-state index contributed by atoms with van der Waals surface area (Å²) >= 11 is 5.38. The number of allylic oxidation sites excluding steroid dienone is 2. The topological polar surface area (TPSA) is 98.0 Å². The van der Waals surface area contributed by atoms with Crippen molar-refractivity contribution in [3.63, 3.8) is 0 Å². The number of aliphatic hydroxyl groups excluding tert-OH is 3. The van der Waals surface area contributed by atoms with Gasteiger partial charge in [0.2, 0.25) is 0 Å². The number of unbranched alkanes of at least 4 members (excludes halogenated alkanes) is 1. The molecule has 0 radical (unpaired) electrons. The van der Waals surface area contributed by atoms with Gasteiger partial charge >= 0.3 is 5.97 Å². The monoisotopic (exact) mass is 500 g/mol. The molecule has 2 rings (SSSR count). The zero-order valence-electron chi connectivity index (χ0n) is 17.6. The molecule has 4 N–H and O–H groups in total. The van der Waals surface area contributed by atoms with Crippen LogP contribution in [0.2, 0.25) is 0 Å². The number of hydrogen-bond donors (Lipinski definition) is 4. The quantitative estimate of drug-likeness (QED) is 0.264. The zero-order chi connectivity index (χ0) is 22.3. The molecule has 1 aliphatic rings. The van der Waals surface area contributed by atoms with E-state index in [9.17, 15) is 20.1 Å². The fourth-order valence-corrected chi connectivity index (χ4v) is 5.95. The smallest absolute Gasteiger partial charge is 0.303 e. The summed E-state index contributed by atoms with van der Waals surface area (Å²) < 4.78 is 1.13. The summed E-state index contributed by atoms with van der Waals surface area (Å²) in [6.07, 6.45) is 9.48. The van der Waals surface area contributed by atoms with E-state index in [0.717, 1.165) is 10.9 Å². The third-order valence-electron chi connectivity index (χ3n) is 5.80. The first kappa shape index (κ1) is 25.3. The van der Waals surface area contributed by atoms with Crippen LogP contribution in [-0.2, 0) is 11.2 Å². The SMILES string of the molecule is Cc1sc(C)c(CCC(O)/C=C/C2C(O)CC(O)C2C/C=C/CCCC(=O)O)c1Br. The Balaban J connectivity index is 1.87. The summed E-state index contributed by atoms with van der Waals surface area (Å²) in [6.45, 7) is 4.17. The van der Waals surface area contributed by atoms with Crippen LogP contribution < -0.4 is 0 Å². The second-order valence-corrected chi connectivity index (χ2v) is 10.3. The highest BCUT2D eigenvalue weighted by molar-refractivity contribution is 9.10. The molecule has 0 spiro atoms. The second-order valence-electron chi connectivity index (χ2n) is 8.10. The maximum atomic E-state index is 10.5. The molecule has 0 amide bonds. The van der Waals surface area contributed by atoms with E-state index < -0.39 is 24.3 Å². The molecule has 168 valence electrons. The molecule has 1 aliphatic carbocycles. The lowest BCUT2D eigenvalue weighted by molar-refractivity contribution is -0.137. The number of aliphatic carboxylic acids is 1. The van der Waals surface area contributed by atoms with E-state index in [1.165, 1.54) is 15.3 Å². The number of thiophene rings is 1. The molecule has 0 saturated heterocycles. The third-order valence-corrected chi connectivity index (χ3v) is 8.20. The van der Waals surface area contributed by atoms with Crippen LogP contribution in [0.25, 0.3) is 0 Å². The van der Waals surface area contributed by atoms with Crippen molar-refractivity contribution in [2.45, 2.75) is 77.1 Å². The molecule has 5 unspecified atom stereocenters. The van der Waals surface area contributed by atoms with Gasteiger partial charge in [0.25, 0.3) is 0 Å². The fraction of sp³-hybridized carbons (Fsp3) is 0.609. The number of aryl methyl sites for hydroxylation is 2. The maximum absolute atomic E-state index is 10.5. The maximum Gasteiger partial charge on any atom is 0.303 e. The van der Waals surface area contributed by atoms with Gasteiger partial charge in [0.05, 0.1) is 18.3 Å². The largest absolute Gasteiger partial charge is 0.481 e. The number of carbonyl (C=O) groups is 1. The highest BCUT2D eigenvalue weighted by atomic mass is 79.9. The fourth-order valence-electron chi connectivity index (χ4n) is 4.08. The standard InChI is InChI=1S/C23H33BrO5S/c1-14-17(23(24)15(2)30-14)11-9-16(25)10-12-19-18(20(26)13-21(19)27)7-5-3-4-6-8-22(28)29/h3,5,10,12,16,18-21,25-27H,4,6-9,11,13H2,1-2H3,(H,28,29)/b5-3+,12-10+. The van der Waals surface area contributed by atoms with E-state index >= 15 is 0 Å². The Labute approximate surface area is 191 Å². The molecule has 1 fully saturated rings. The number of hydrogen-bond acceptors (Lipinski definition) is 5. The number of aliphatic hydroxyl groups is 3. The molecule has 5 nitrogen and oxygen atoms in total. The number of halogens is 1. The highest BCUT2D eigenvalue weighted by Crippen LogP contribution is 2.37. The van der Waals surface area contributed by atoms with E-state index in [0.29, 0.717) is 32.1 Å². The lowest BCUT2D eigenvalue weighted by atomic mass is 9.89. The van der Waals surface area contributed by atoms with Crippen LogP contribution in [0.15, 0.2) is 28.8 Å². The molecule has 30 heavy (non-hydrogen) atoms. The molecule has 0 bridgehead atoms. The molecule has 5 atom stereocenters. The summed E-state index contributed by atoms with van der Waals surface area (Å²) in [4.78, 5) is 13.0. The van der Waals surface area contributed by atoms with Crippen LogP contribution in [-0.4, -0.2) is 44.7 Å². The van der Waals surface area contributed by atoms with Gasteiger partial charge in [-0.25, -0.2) is 0 Å². The van der Waals surface area contributed by atoms with Crippen molar-refractivity contribution in [2.75, 3.05) is 0 Å². The van der Waals surface area contributed by atoms with E-state index in [-0.39, 0.29) is 18.3 Å². The van der Waals surface area contributed by atoms with Crippen LogP contribution in [0.4, 0.5) is 0 Å². The van der Waals surface area contributed by atoms with Gasteiger partial charge in [-0.15, -0.1) is 11.3 Å². The predicted molar refractivity (Wildman–Crippen MR) is 124 cm³/mol. The summed E-state index contributed by atoms with van der Waals surface area (Å²) in [5, 5.41) is 39.7. The Morgan fingerprint density at radius 2 is 1.97 bits per heavy atom. The average molecular weight is 501 g/mol. The molecule has 1 heterocycles. The Morgan fingerprint density at radius 1 is 1.23 bits per heavy atom. The number of carboxylic acid groups (broad SMARTS) is 1. The first-order valence-corrected chi connectivity index (χ1v) is 12.1. The summed E-state index contributed by atoms with van der Waals surface area (Å²) in [5.74, 6) is -1.09. The van der Waals surface area contributed by atoms with Crippen molar-refractivity contribution < 1.29 is 25.2 Å². The van der Waals surface area contributed by atoms with Gasteiger partial charge in [-0.3, -0.25) is 4.79 Å². The number of carboxylic acids is 1. The van der Waals surface area contributed by atoms with E-state index in [4.69, 9.17) is 5.11 Å². The minimum Gasteiger partial charge on any atom is -0.481 e. The molecule has 0 aromatic carbocycles. The molecule has 1 saturated carbocycles. The van der Waals surface area contributed by atoms with Crippen LogP contribution in [0, 0.1) is 25.7 Å². The van der Waals surface area contributed by atoms with Crippen LogP contribution in [0.3, 0.4) is 0 Å². The molecular formula is C23H33BrO5S. The van der Waals surface area contributed by atoms with Crippen molar-refractivity contribution in [3.05, 3.63) is 44.1 Å². The normalized spacial score (nSPS) is 25.5. The van der Waals surface area contributed by atoms with Crippen LogP contribution in [0.1, 0.15) is 53.8 Å². The minimum atomic E-state index is -0.793. The lowest BCUT2D eigenvalue weighted by Gasteiger charge is -2.19. The van der Waals surface area contributed by atoms with Crippen LogP contribution >= 0.6 is 27.3 Å². The Bertz CT molecular complexity index is 757. The van der Waals surface area contributed by atoms with E-state index in [1.807, 2.05) is 18.2 Å².